The number of carbonyl (C=O) groups excluding carboxylic acids is 4. The minimum Gasteiger partial charge on any atom is -0.379 e. The van der Waals surface area contributed by atoms with Crippen molar-refractivity contribution in [3.8, 4) is 0 Å². The van der Waals surface area contributed by atoms with E-state index >= 15 is 0 Å². The largest absolute Gasteiger partial charge is 0.379 e. The Hall–Kier alpha value is -1.96. The highest BCUT2D eigenvalue weighted by Crippen LogP contribution is 2.18. The van der Waals surface area contributed by atoms with Crippen molar-refractivity contribution in [2.75, 3.05) is 26.3 Å². The molecule has 1 heterocycles. The summed E-state index contributed by atoms with van der Waals surface area (Å²) < 4.78 is 5.09. The number of hydrogen-bond donors (Lipinski definition) is 2. The van der Waals surface area contributed by atoms with Crippen LogP contribution >= 0.6 is 0 Å². The van der Waals surface area contributed by atoms with Gasteiger partial charge >= 0.3 is 0 Å². The van der Waals surface area contributed by atoms with Gasteiger partial charge in [-0.05, 0) is 0 Å². The van der Waals surface area contributed by atoms with Crippen LogP contribution in [-0.2, 0) is 23.9 Å². The summed E-state index contributed by atoms with van der Waals surface area (Å²) in [4.78, 5) is 46.3. The van der Waals surface area contributed by atoms with E-state index < -0.39 is 5.91 Å². The number of nitrogens with two attached hydrogens (primary N) is 1. The third-order valence-electron chi connectivity index (χ3n) is 3.09. The fourth-order valence-corrected chi connectivity index (χ4v) is 1.92. The normalized spacial score (nSPS) is 18.1. The summed E-state index contributed by atoms with van der Waals surface area (Å²) >= 11 is 0. The van der Waals surface area contributed by atoms with Gasteiger partial charge in [-0.1, -0.05) is 6.92 Å². The maximum Gasteiger partial charge on any atom is 0.232 e. The third kappa shape index (κ3) is 5.90. The Kier molecular flexibility index (Phi) is 6.80. The van der Waals surface area contributed by atoms with Crippen molar-refractivity contribution in [1.29, 1.82) is 0 Å². The first-order chi connectivity index (χ1) is 9.91. The molecule has 1 unspecified atom stereocenters. The van der Waals surface area contributed by atoms with Crippen molar-refractivity contribution in [2.24, 2.45) is 11.7 Å². The lowest BCUT2D eigenvalue weighted by Gasteiger charge is -2.14. The number of amides is 4. The summed E-state index contributed by atoms with van der Waals surface area (Å²) in [5.41, 5.74) is 4.94. The fourth-order valence-electron chi connectivity index (χ4n) is 1.92. The first-order valence-electron chi connectivity index (χ1n) is 6.88. The van der Waals surface area contributed by atoms with Gasteiger partial charge in [0.1, 0.15) is 0 Å². The molecule has 8 heteroatoms. The number of ether oxygens (including phenoxy) is 1. The highest BCUT2D eigenvalue weighted by molar-refractivity contribution is 6.03. The number of likely N-dealkylation sites (tertiary alicyclic amines) is 1. The quantitative estimate of drug-likeness (QED) is 0.408. The van der Waals surface area contributed by atoms with Gasteiger partial charge in [0, 0.05) is 38.3 Å². The van der Waals surface area contributed by atoms with E-state index in [2.05, 4.69) is 5.32 Å². The van der Waals surface area contributed by atoms with E-state index in [4.69, 9.17) is 10.5 Å². The Bertz CT molecular complexity index is 424. The van der Waals surface area contributed by atoms with Gasteiger partial charge in [-0.25, -0.2) is 0 Å². The molecule has 1 fully saturated rings. The number of imide groups is 1. The van der Waals surface area contributed by atoms with Gasteiger partial charge < -0.3 is 15.8 Å². The second kappa shape index (κ2) is 8.35. The summed E-state index contributed by atoms with van der Waals surface area (Å²) in [6.45, 7) is 2.60. The number of rotatable bonds is 9. The molecule has 0 saturated carbocycles. The molecule has 0 radical (unpaired) electrons. The van der Waals surface area contributed by atoms with Crippen LogP contribution in [0.4, 0.5) is 0 Å². The maximum absolute atomic E-state index is 11.6. The van der Waals surface area contributed by atoms with E-state index in [0.717, 1.165) is 4.90 Å². The van der Waals surface area contributed by atoms with Crippen molar-refractivity contribution in [1.82, 2.24) is 10.2 Å². The van der Waals surface area contributed by atoms with Crippen LogP contribution in [0.5, 0.6) is 0 Å². The molecule has 1 saturated heterocycles. The van der Waals surface area contributed by atoms with Gasteiger partial charge in [0.15, 0.2) is 0 Å². The van der Waals surface area contributed by atoms with Crippen LogP contribution in [0.25, 0.3) is 0 Å². The van der Waals surface area contributed by atoms with Gasteiger partial charge in [0.2, 0.25) is 23.6 Å². The zero-order valence-corrected chi connectivity index (χ0v) is 12.1. The Morgan fingerprint density at radius 3 is 2.62 bits per heavy atom. The molecular formula is C13H21N3O5. The van der Waals surface area contributed by atoms with E-state index in [1.54, 1.807) is 6.92 Å². The monoisotopic (exact) mass is 299 g/mol. The van der Waals surface area contributed by atoms with Crippen molar-refractivity contribution < 1.29 is 23.9 Å². The molecule has 0 bridgehead atoms. The summed E-state index contributed by atoms with van der Waals surface area (Å²) in [7, 11) is 0. The van der Waals surface area contributed by atoms with Crippen LogP contribution in [0, 0.1) is 5.92 Å². The van der Waals surface area contributed by atoms with Crippen LogP contribution in [0.3, 0.4) is 0 Å². The standard InChI is InChI=1S/C13H21N3O5/c1-9-8-12(19)16(13(9)20)5-2-11(18)15-4-7-21-6-3-10(14)17/h9H,2-8H2,1H3,(H2,14,17)(H,15,18). The van der Waals surface area contributed by atoms with Crippen molar-refractivity contribution in [3.63, 3.8) is 0 Å². The zero-order chi connectivity index (χ0) is 15.8. The maximum atomic E-state index is 11.6. The molecule has 8 nitrogen and oxygen atoms in total. The molecule has 0 aromatic rings. The highest BCUT2D eigenvalue weighted by atomic mass is 16.5. The van der Waals surface area contributed by atoms with Gasteiger partial charge in [-0.15, -0.1) is 0 Å². The van der Waals surface area contributed by atoms with Crippen LogP contribution < -0.4 is 11.1 Å². The van der Waals surface area contributed by atoms with E-state index in [9.17, 15) is 19.2 Å². The zero-order valence-electron chi connectivity index (χ0n) is 12.1. The lowest BCUT2D eigenvalue weighted by atomic mass is 10.1. The number of hydrogen-bond acceptors (Lipinski definition) is 5. The molecule has 118 valence electrons. The van der Waals surface area contributed by atoms with Crippen molar-refractivity contribution >= 4 is 23.6 Å². The first-order valence-corrected chi connectivity index (χ1v) is 6.88. The second-order valence-corrected chi connectivity index (χ2v) is 4.92. The van der Waals surface area contributed by atoms with Crippen LogP contribution in [0.15, 0.2) is 0 Å². The summed E-state index contributed by atoms with van der Waals surface area (Å²) in [6, 6.07) is 0. The Balaban J connectivity index is 2.10. The van der Waals surface area contributed by atoms with Crippen molar-refractivity contribution in [3.05, 3.63) is 0 Å². The van der Waals surface area contributed by atoms with Crippen molar-refractivity contribution in [2.45, 2.75) is 26.2 Å². The van der Waals surface area contributed by atoms with Gasteiger partial charge in [0.05, 0.1) is 13.2 Å². The topological polar surface area (TPSA) is 119 Å². The SMILES string of the molecule is CC1CC(=O)N(CCC(=O)NCCOCCC(N)=O)C1=O. The van der Waals surface area contributed by atoms with E-state index in [1.165, 1.54) is 0 Å². The van der Waals surface area contributed by atoms with E-state index in [-0.39, 0.29) is 62.7 Å². The average Bonchev–Trinajstić information content (AvgIpc) is 2.65. The molecule has 1 rings (SSSR count). The predicted octanol–water partition coefficient (Wildman–Crippen LogP) is -1.22. The Labute approximate surface area is 123 Å². The molecule has 1 atom stereocenters. The molecule has 21 heavy (non-hydrogen) atoms. The van der Waals surface area contributed by atoms with Crippen LogP contribution in [0.2, 0.25) is 0 Å². The summed E-state index contributed by atoms with van der Waals surface area (Å²) in [5, 5.41) is 2.61. The lowest BCUT2D eigenvalue weighted by molar-refractivity contribution is -0.139. The molecule has 0 aliphatic carbocycles. The fraction of sp³-hybridized carbons (Fsp3) is 0.692. The van der Waals surface area contributed by atoms with Crippen LogP contribution in [0.1, 0.15) is 26.2 Å². The Morgan fingerprint density at radius 2 is 2.05 bits per heavy atom. The molecule has 3 N–H and O–H groups in total. The number of nitrogens with zero attached hydrogens (tertiary/aromatic N) is 1. The minimum absolute atomic E-state index is 0.0749. The van der Waals surface area contributed by atoms with E-state index in [0.29, 0.717) is 6.54 Å². The molecular weight excluding hydrogens is 278 g/mol. The average molecular weight is 299 g/mol. The predicted molar refractivity (Wildman–Crippen MR) is 72.8 cm³/mol. The molecule has 0 aromatic carbocycles. The number of primary amides is 1. The Morgan fingerprint density at radius 1 is 1.33 bits per heavy atom. The molecule has 4 amide bonds. The number of carbonyl (C=O) groups is 4. The molecule has 0 spiro atoms. The minimum atomic E-state index is -0.437. The second-order valence-electron chi connectivity index (χ2n) is 4.92. The molecule has 1 aliphatic heterocycles. The first kappa shape index (κ1) is 17.1. The number of nitrogens with one attached hydrogen (secondary N) is 1. The third-order valence-corrected chi connectivity index (χ3v) is 3.09. The van der Waals surface area contributed by atoms with Gasteiger partial charge in [0.25, 0.3) is 0 Å². The summed E-state index contributed by atoms with van der Waals surface area (Å²) in [5.74, 6) is -1.43. The summed E-state index contributed by atoms with van der Waals surface area (Å²) in [6.07, 6.45) is 0.435. The van der Waals surface area contributed by atoms with Gasteiger partial charge in [-0.3, -0.25) is 24.1 Å². The van der Waals surface area contributed by atoms with Gasteiger partial charge in [-0.2, -0.15) is 0 Å². The van der Waals surface area contributed by atoms with E-state index in [1.807, 2.05) is 0 Å². The highest BCUT2D eigenvalue weighted by Gasteiger charge is 2.35. The molecule has 0 aromatic heterocycles. The smallest absolute Gasteiger partial charge is 0.232 e. The molecule has 1 aliphatic rings. The van der Waals surface area contributed by atoms with Crippen LogP contribution in [-0.4, -0.2) is 54.8 Å². The lowest BCUT2D eigenvalue weighted by Crippen LogP contribution is -2.35.